The van der Waals surface area contributed by atoms with Crippen molar-refractivity contribution in [1.82, 2.24) is 14.9 Å². The van der Waals surface area contributed by atoms with Gasteiger partial charge in [-0.3, -0.25) is 19.0 Å². The second-order valence-corrected chi connectivity index (χ2v) is 8.71. The average molecular weight is 485 g/mol. The predicted molar refractivity (Wildman–Crippen MR) is 137 cm³/mol. The van der Waals surface area contributed by atoms with Gasteiger partial charge in [0.05, 0.1) is 5.75 Å². The van der Waals surface area contributed by atoms with Crippen LogP contribution < -0.4 is 10.6 Å². The molecule has 4 aromatic rings. The molecule has 0 radical (unpaired) electrons. The molecule has 7 nitrogen and oxygen atoms in total. The lowest BCUT2D eigenvalue weighted by Gasteiger charge is -2.10. The summed E-state index contributed by atoms with van der Waals surface area (Å²) in [7, 11) is 0. The zero-order chi connectivity index (χ0) is 24.6. The van der Waals surface area contributed by atoms with Crippen LogP contribution in [-0.4, -0.2) is 32.9 Å². The van der Waals surface area contributed by atoms with Crippen LogP contribution >= 0.6 is 11.8 Å². The Labute approximate surface area is 207 Å². The average Bonchev–Trinajstić information content (AvgIpc) is 3.36. The molecule has 0 aliphatic carbocycles. The van der Waals surface area contributed by atoms with E-state index in [0.29, 0.717) is 28.5 Å². The van der Waals surface area contributed by atoms with Crippen molar-refractivity contribution in [3.63, 3.8) is 0 Å². The quantitative estimate of drug-likeness (QED) is 0.265. The third-order valence-electron chi connectivity index (χ3n) is 5.22. The number of Topliss-reactive ketones (excluding diaryl/α,β-unsaturated/α-hetero) is 1. The van der Waals surface area contributed by atoms with Gasteiger partial charge >= 0.3 is 0 Å². The van der Waals surface area contributed by atoms with Gasteiger partial charge in [0.1, 0.15) is 0 Å². The zero-order valence-electron chi connectivity index (χ0n) is 19.1. The normalized spacial score (nSPS) is 10.5. The Morgan fingerprint density at radius 2 is 1.57 bits per heavy atom. The molecule has 3 aromatic carbocycles. The van der Waals surface area contributed by atoms with Crippen LogP contribution in [-0.2, 0) is 11.3 Å². The van der Waals surface area contributed by atoms with Crippen molar-refractivity contribution < 1.29 is 14.4 Å². The first-order valence-corrected chi connectivity index (χ1v) is 12.0. The number of nitrogens with zero attached hydrogens (tertiary/aromatic N) is 2. The molecule has 2 N–H and O–H groups in total. The molecule has 0 bridgehead atoms. The number of nitrogens with one attached hydrogen (secondary N) is 2. The molecule has 0 saturated heterocycles. The molecule has 176 valence electrons. The number of hydrogen-bond donors (Lipinski definition) is 2. The van der Waals surface area contributed by atoms with E-state index < -0.39 is 0 Å². The minimum atomic E-state index is -0.175. The maximum absolute atomic E-state index is 12.5. The number of carbonyl (C=O) groups excluding carboxylic acids is 3. The van der Waals surface area contributed by atoms with Crippen molar-refractivity contribution in [3.05, 3.63) is 108 Å². The number of hydrogen-bond acceptors (Lipinski definition) is 5. The van der Waals surface area contributed by atoms with Crippen LogP contribution in [0.2, 0.25) is 0 Å². The molecular formula is C27H24N4O3S. The summed E-state index contributed by atoms with van der Waals surface area (Å²) in [4.78, 5) is 40.6. The lowest BCUT2D eigenvalue weighted by molar-refractivity contribution is -0.113. The Morgan fingerprint density at radius 3 is 2.26 bits per heavy atom. The van der Waals surface area contributed by atoms with Crippen LogP contribution in [0.25, 0.3) is 5.69 Å². The van der Waals surface area contributed by atoms with Gasteiger partial charge in [0, 0.05) is 41.4 Å². The number of aromatic nitrogens is 2. The monoisotopic (exact) mass is 484 g/mol. The van der Waals surface area contributed by atoms with E-state index in [-0.39, 0.29) is 23.4 Å². The Hall–Kier alpha value is -4.17. The van der Waals surface area contributed by atoms with E-state index in [0.717, 1.165) is 11.3 Å². The molecule has 0 aliphatic heterocycles. The van der Waals surface area contributed by atoms with Crippen LogP contribution in [0.3, 0.4) is 0 Å². The summed E-state index contributed by atoms with van der Waals surface area (Å²) < 4.78 is 1.87. The molecule has 0 unspecified atom stereocenters. The Kier molecular flexibility index (Phi) is 7.74. The third kappa shape index (κ3) is 6.45. The van der Waals surface area contributed by atoms with Crippen molar-refractivity contribution in [2.45, 2.75) is 18.6 Å². The van der Waals surface area contributed by atoms with Gasteiger partial charge in [-0.2, -0.15) is 0 Å². The molecule has 4 rings (SSSR count). The minimum absolute atomic E-state index is 0.0221. The standard InChI is InChI=1S/C27H24N4O3S/c1-19(32)21-7-11-23(12-8-21)30-25(33)18-35-27-28-15-16-31(27)24-13-9-22(10-14-24)26(34)29-17-20-5-3-2-4-6-20/h2-16H,17-18H2,1H3,(H,29,34)(H,30,33). The molecule has 35 heavy (non-hydrogen) atoms. The van der Waals surface area contributed by atoms with E-state index in [4.69, 9.17) is 0 Å². The topological polar surface area (TPSA) is 93.1 Å². The largest absolute Gasteiger partial charge is 0.348 e. The maximum Gasteiger partial charge on any atom is 0.251 e. The van der Waals surface area contributed by atoms with E-state index in [9.17, 15) is 14.4 Å². The number of benzene rings is 3. The second kappa shape index (κ2) is 11.3. The summed E-state index contributed by atoms with van der Waals surface area (Å²) >= 11 is 1.31. The number of anilines is 1. The van der Waals surface area contributed by atoms with Crippen LogP contribution in [0.5, 0.6) is 0 Å². The summed E-state index contributed by atoms with van der Waals surface area (Å²) in [6, 6.07) is 23.7. The highest BCUT2D eigenvalue weighted by Gasteiger charge is 2.11. The first-order valence-electron chi connectivity index (χ1n) is 11.0. The van der Waals surface area contributed by atoms with E-state index in [1.54, 1.807) is 42.6 Å². The summed E-state index contributed by atoms with van der Waals surface area (Å²) in [5.41, 5.74) is 3.66. The number of ketones is 1. The van der Waals surface area contributed by atoms with Gasteiger partial charge in [0.2, 0.25) is 5.91 Å². The second-order valence-electron chi connectivity index (χ2n) is 7.77. The summed E-state index contributed by atoms with van der Waals surface area (Å²) in [6.45, 7) is 1.97. The van der Waals surface area contributed by atoms with Crippen molar-refractivity contribution >= 4 is 35.0 Å². The highest BCUT2D eigenvalue weighted by Crippen LogP contribution is 2.21. The fraction of sp³-hybridized carbons (Fsp3) is 0.111. The lowest BCUT2D eigenvalue weighted by Crippen LogP contribution is -2.22. The molecule has 1 heterocycles. The summed E-state index contributed by atoms with van der Waals surface area (Å²) in [5.74, 6) is -0.170. The fourth-order valence-corrected chi connectivity index (χ4v) is 4.14. The summed E-state index contributed by atoms with van der Waals surface area (Å²) in [6.07, 6.45) is 3.48. The molecular weight excluding hydrogens is 460 g/mol. The first kappa shape index (κ1) is 24.0. The van der Waals surface area contributed by atoms with Crippen LogP contribution in [0.4, 0.5) is 5.69 Å². The van der Waals surface area contributed by atoms with E-state index >= 15 is 0 Å². The van der Waals surface area contributed by atoms with Crippen LogP contribution in [0.15, 0.2) is 96.4 Å². The van der Waals surface area contributed by atoms with Gasteiger partial charge in [0.25, 0.3) is 5.91 Å². The molecule has 0 atom stereocenters. The Bertz CT molecular complexity index is 1320. The Balaban J connectivity index is 1.33. The molecule has 0 saturated carbocycles. The number of rotatable bonds is 9. The molecule has 0 aliphatic rings. The van der Waals surface area contributed by atoms with Crippen molar-refractivity contribution in [2.24, 2.45) is 0 Å². The fourth-order valence-electron chi connectivity index (χ4n) is 3.36. The number of thioether (sulfide) groups is 1. The molecule has 2 amide bonds. The van der Waals surface area contributed by atoms with Crippen molar-refractivity contribution in [3.8, 4) is 5.69 Å². The van der Waals surface area contributed by atoms with Gasteiger partial charge in [-0.1, -0.05) is 42.1 Å². The SMILES string of the molecule is CC(=O)c1ccc(NC(=O)CSc2nccn2-c2ccc(C(=O)NCc3ccccc3)cc2)cc1. The number of imidazole rings is 1. The van der Waals surface area contributed by atoms with Crippen molar-refractivity contribution in [1.29, 1.82) is 0 Å². The zero-order valence-corrected chi connectivity index (χ0v) is 19.9. The van der Waals surface area contributed by atoms with E-state index in [1.165, 1.54) is 18.7 Å². The molecule has 1 aromatic heterocycles. The molecule has 8 heteroatoms. The summed E-state index contributed by atoms with van der Waals surface area (Å²) in [5, 5.41) is 6.40. The van der Waals surface area contributed by atoms with Gasteiger partial charge in [-0.25, -0.2) is 4.98 Å². The van der Waals surface area contributed by atoms with Gasteiger partial charge in [-0.05, 0) is 61.0 Å². The number of carbonyl (C=O) groups is 3. The number of amides is 2. The highest BCUT2D eigenvalue weighted by atomic mass is 32.2. The van der Waals surface area contributed by atoms with E-state index in [2.05, 4.69) is 15.6 Å². The highest BCUT2D eigenvalue weighted by molar-refractivity contribution is 7.99. The van der Waals surface area contributed by atoms with Gasteiger partial charge < -0.3 is 10.6 Å². The first-order chi connectivity index (χ1) is 17.0. The lowest BCUT2D eigenvalue weighted by atomic mass is 10.1. The smallest absolute Gasteiger partial charge is 0.251 e. The molecule has 0 fully saturated rings. The van der Waals surface area contributed by atoms with Crippen molar-refractivity contribution in [2.75, 3.05) is 11.1 Å². The minimum Gasteiger partial charge on any atom is -0.348 e. The maximum atomic E-state index is 12.5. The Morgan fingerprint density at radius 1 is 0.886 bits per heavy atom. The van der Waals surface area contributed by atoms with Crippen LogP contribution in [0.1, 0.15) is 33.2 Å². The van der Waals surface area contributed by atoms with Gasteiger partial charge in [0.15, 0.2) is 10.9 Å². The van der Waals surface area contributed by atoms with Gasteiger partial charge in [-0.15, -0.1) is 0 Å². The van der Waals surface area contributed by atoms with E-state index in [1.807, 2.05) is 53.2 Å². The predicted octanol–water partition coefficient (Wildman–Crippen LogP) is 4.74. The molecule has 0 spiro atoms. The van der Waals surface area contributed by atoms with Crippen LogP contribution in [0, 0.1) is 0 Å². The third-order valence-corrected chi connectivity index (χ3v) is 6.18.